The van der Waals surface area contributed by atoms with Gasteiger partial charge >= 0.3 is 5.97 Å². The minimum atomic E-state index is -0.959. The van der Waals surface area contributed by atoms with E-state index in [2.05, 4.69) is 5.32 Å². The number of amides is 1. The van der Waals surface area contributed by atoms with Gasteiger partial charge in [0.25, 0.3) is 0 Å². The van der Waals surface area contributed by atoms with Crippen LogP contribution in [-0.2, 0) is 9.59 Å². The molecule has 1 fully saturated rings. The van der Waals surface area contributed by atoms with E-state index in [4.69, 9.17) is 0 Å². The SMILES string of the molecule is Cc1cccc(F)c1NC(=O)[C@H]1CC(C)C[C@H]1C(=O)O. The summed E-state index contributed by atoms with van der Waals surface area (Å²) < 4.78 is 13.7. The van der Waals surface area contributed by atoms with Gasteiger partial charge in [0.05, 0.1) is 17.5 Å². The van der Waals surface area contributed by atoms with Crippen LogP contribution in [0.5, 0.6) is 0 Å². The number of para-hydroxylation sites is 1. The largest absolute Gasteiger partial charge is 0.481 e. The van der Waals surface area contributed by atoms with Crippen molar-refractivity contribution in [2.24, 2.45) is 17.8 Å². The standard InChI is InChI=1S/C15H18FNO3/c1-8-6-10(11(7-8)15(19)20)14(18)17-13-9(2)4-3-5-12(13)16/h3-5,8,10-11H,6-7H2,1-2H3,(H,17,18)(H,19,20)/t8?,10-,11+/m0/s1. The van der Waals surface area contributed by atoms with Crippen molar-refractivity contribution in [1.82, 2.24) is 0 Å². The Balaban J connectivity index is 2.18. The zero-order valence-corrected chi connectivity index (χ0v) is 11.5. The second-order valence-electron chi connectivity index (χ2n) is 5.55. The molecule has 5 heteroatoms. The summed E-state index contributed by atoms with van der Waals surface area (Å²) in [6.45, 7) is 3.63. The molecule has 3 atom stereocenters. The van der Waals surface area contributed by atoms with Crippen molar-refractivity contribution in [3.8, 4) is 0 Å². The van der Waals surface area contributed by atoms with Gasteiger partial charge in [-0.2, -0.15) is 0 Å². The lowest BCUT2D eigenvalue weighted by Gasteiger charge is -2.17. The Bertz CT molecular complexity index is 524. The number of carboxylic acids is 1. The number of aryl methyl sites for hydroxylation is 1. The van der Waals surface area contributed by atoms with Crippen LogP contribution in [0.15, 0.2) is 18.2 Å². The highest BCUT2D eigenvalue weighted by atomic mass is 19.1. The van der Waals surface area contributed by atoms with E-state index in [-0.39, 0.29) is 11.6 Å². The fourth-order valence-electron chi connectivity index (χ4n) is 2.86. The molecule has 1 aromatic rings. The van der Waals surface area contributed by atoms with E-state index in [0.717, 1.165) is 0 Å². The summed E-state index contributed by atoms with van der Waals surface area (Å²) in [4.78, 5) is 23.4. The normalized spacial score (nSPS) is 25.4. The van der Waals surface area contributed by atoms with E-state index in [1.807, 2.05) is 6.92 Å². The lowest BCUT2D eigenvalue weighted by atomic mass is 9.95. The number of nitrogens with one attached hydrogen (secondary N) is 1. The van der Waals surface area contributed by atoms with Crippen LogP contribution < -0.4 is 5.32 Å². The van der Waals surface area contributed by atoms with Gasteiger partial charge in [0.2, 0.25) is 5.91 Å². The average molecular weight is 279 g/mol. The quantitative estimate of drug-likeness (QED) is 0.894. The van der Waals surface area contributed by atoms with Crippen molar-refractivity contribution in [1.29, 1.82) is 0 Å². The Kier molecular flexibility index (Phi) is 4.06. The van der Waals surface area contributed by atoms with Gasteiger partial charge in [0, 0.05) is 0 Å². The fraction of sp³-hybridized carbons (Fsp3) is 0.467. The number of benzene rings is 1. The highest BCUT2D eigenvalue weighted by Crippen LogP contribution is 2.37. The van der Waals surface area contributed by atoms with Crippen LogP contribution in [-0.4, -0.2) is 17.0 Å². The van der Waals surface area contributed by atoms with Crippen molar-refractivity contribution in [2.75, 3.05) is 5.32 Å². The van der Waals surface area contributed by atoms with Gasteiger partial charge in [-0.05, 0) is 37.3 Å². The van der Waals surface area contributed by atoms with E-state index in [0.29, 0.717) is 18.4 Å². The molecule has 0 saturated heterocycles. The lowest BCUT2D eigenvalue weighted by Crippen LogP contribution is -2.30. The molecular formula is C15H18FNO3. The first-order valence-electron chi connectivity index (χ1n) is 6.69. The summed E-state index contributed by atoms with van der Waals surface area (Å²) in [5.74, 6) is -2.96. The van der Waals surface area contributed by atoms with Crippen LogP contribution in [0.1, 0.15) is 25.3 Å². The molecule has 1 saturated carbocycles. The van der Waals surface area contributed by atoms with E-state index >= 15 is 0 Å². The van der Waals surface area contributed by atoms with Crippen molar-refractivity contribution >= 4 is 17.6 Å². The third-order valence-electron chi connectivity index (χ3n) is 3.92. The van der Waals surface area contributed by atoms with Crippen LogP contribution in [0.2, 0.25) is 0 Å². The molecule has 0 heterocycles. The van der Waals surface area contributed by atoms with E-state index < -0.39 is 29.5 Å². The monoisotopic (exact) mass is 279 g/mol. The molecule has 2 rings (SSSR count). The Labute approximate surface area is 117 Å². The topological polar surface area (TPSA) is 66.4 Å². The number of carbonyl (C=O) groups is 2. The van der Waals surface area contributed by atoms with Gasteiger partial charge in [-0.15, -0.1) is 0 Å². The van der Waals surface area contributed by atoms with Crippen molar-refractivity contribution in [3.05, 3.63) is 29.6 Å². The number of carboxylic acid groups (broad SMARTS) is 1. The van der Waals surface area contributed by atoms with Gasteiger partial charge in [0.1, 0.15) is 5.82 Å². The minimum Gasteiger partial charge on any atom is -0.481 e. The maximum absolute atomic E-state index is 13.7. The van der Waals surface area contributed by atoms with Crippen LogP contribution in [0.3, 0.4) is 0 Å². The van der Waals surface area contributed by atoms with E-state index in [1.165, 1.54) is 6.07 Å². The molecule has 1 unspecified atom stereocenters. The van der Waals surface area contributed by atoms with Crippen molar-refractivity contribution in [3.63, 3.8) is 0 Å². The lowest BCUT2D eigenvalue weighted by molar-refractivity contribution is -0.145. The first-order chi connectivity index (χ1) is 9.40. The maximum atomic E-state index is 13.7. The summed E-state index contributed by atoms with van der Waals surface area (Å²) in [6, 6.07) is 4.54. The molecule has 0 aromatic heterocycles. The highest BCUT2D eigenvalue weighted by molar-refractivity contribution is 5.96. The molecule has 0 spiro atoms. The molecule has 1 aliphatic rings. The number of aliphatic carboxylic acids is 1. The molecule has 1 aliphatic carbocycles. The number of anilines is 1. The molecule has 1 aromatic carbocycles. The number of carbonyl (C=O) groups excluding carboxylic acids is 1. The summed E-state index contributed by atoms with van der Waals surface area (Å²) in [5.41, 5.74) is 0.762. The molecule has 1 amide bonds. The molecule has 4 nitrogen and oxygen atoms in total. The van der Waals surface area contributed by atoms with Gasteiger partial charge < -0.3 is 10.4 Å². The summed E-state index contributed by atoms with van der Waals surface area (Å²) in [7, 11) is 0. The summed E-state index contributed by atoms with van der Waals surface area (Å²) >= 11 is 0. The Morgan fingerprint density at radius 1 is 1.30 bits per heavy atom. The number of hydrogen-bond donors (Lipinski definition) is 2. The summed E-state index contributed by atoms with van der Waals surface area (Å²) in [5, 5.41) is 11.7. The molecule has 0 radical (unpaired) electrons. The van der Waals surface area contributed by atoms with Crippen LogP contribution in [0.4, 0.5) is 10.1 Å². The second-order valence-corrected chi connectivity index (χ2v) is 5.55. The minimum absolute atomic E-state index is 0.140. The molecule has 0 bridgehead atoms. The summed E-state index contributed by atoms with van der Waals surface area (Å²) in [6.07, 6.45) is 1.01. The van der Waals surface area contributed by atoms with Crippen LogP contribution in [0.25, 0.3) is 0 Å². The predicted octanol–water partition coefficient (Wildman–Crippen LogP) is 2.82. The van der Waals surface area contributed by atoms with Gasteiger partial charge in [-0.1, -0.05) is 19.1 Å². The fourth-order valence-corrected chi connectivity index (χ4v) is 2.86. The first-order valence-corrected chi connectivity index (χ1v) is 6.69. The van der Waals surface area contributed by atoms with E-state index in [1.54, 1.807) is 19.1 Å². The Hall–Kier alpha value is -1.91. The third kappa shape index (κ3) is 2.81. The molecule has 108 valence electrons. The molecule has 20 heavy (non-hydrogen) atoms. The second kappa shape index (κ2) is 5.61. The Morgan fingerprint density at radius 3 is 2.55 bits per heavy atom. The maximum Gasteiger partial charge on any atom is 0.307 e. The zero-order valence-electron chi connectivity index (χ0n) is 11.5. The number of hydrogen-bond acceptors (Lipinski definition) is 2. The predicted molar refractivity (Wildman–Crippen MR) is 72.8 cm³/mol. The Morgan fingerprint density at radius 2 is 1.95 bits per heavy atom. The number of halogens is 1. The van der Waals surface area contributed by atoms with Crippen molar-refractivity contribution < 1.29 is 19.1 Å². The van der Waals surface area contributed by atoms with Gasteiger partial charge in [-0.25, -0.2) is 4.39 Å². The van der Waals surface area contributed by atoms with Gasteiger partial charge in [-0.3, -0.25) is 9.59 Å². The first kappa shape index (κ1) is 14.5. The van der Waals surface area contributed by atoms with Crippen molar-refractivity contribution in [2.45, 2.75) is 26.7 Å². The number of rotatable bonds is 3. The average Bonchev–Trinajstić information content (AvgIpc) is 2.76. The molecule has 0 aliphatic heterocycles. The molecule has 2 N–H and O–H groups in total. The van der Waals surface area contributed by atoms with Crippen LogP contribution >= 0.6 is 0 Å². The van der Waals surface area contributed by atoms with Gasteiger partial charge in [0.15, 0.2) is 0 Å². The van der Waals surface area contributed by atoms with E-state index in [9.17, 15) is 19.1 Å². The third-order valence-corrected chi connectivity index (χ3v) is 3.92. The molecular weight excluding hydrogens is 261 g/mol. The smallest absolute Gasteiger partial charge is 0.307 e. The highest BCUT2D eigenvalue weighted by Gasteiger charge is 2.41. The van der Waals surface area contributed by atoms with Crippen LogP contribution in [0, 0.1) is 30.5 Å². The zero-order chi connectivity index (χ0) is 14.9.